The van der Waals surface area contributed by atoms with E-state index in [1.54, 1.807) is 4.90 Å². The number of halogens is 1. The second-order valence-electron chi connectivity index (χ2n) is 6.92. The number of thioether (sulfide) groups is 1. The van der Waals surface area contributed by atoms with Crippen LogP contribution in [0.2, 0.25) is 0 Å². The van der Waals surface area contributed by atoms with Crippen LogP contribution >= 0.6 is 11.8 Å². The van der Waals surface area contributed by atoms with E-state index >= 15 is 0 Å². The molecule has 0 aromatic heterocycles. The molecule has 1 N–H and O–H groups in total. The summed E-state index contributed by atoms with van der Waals surface area (Å²) in [4.78, 5) is 38.0. The van der Waals surface area contributed by atoms with Gasteiger partial charge in [-0.15, -0.1) is 11.8 Å². The lowest BCUT2D eigenvalue weighted by molar-refractivity contribution is -0.150. The Morgan fingerprint density at radius 2 is 1.82 bits per heavy atom. The predicted molar refractivity (Wildman–Crippen MR) is 108 cm³/mol. The number of anilines is 1. The lowest BCUT2D eigenvalue weighted by Crippen LogP contribution is -2.39. The highest BCUT2D eigenvalue weighted by molar-refractivity contribution is 8.00. The van der Waals surface area contributed by atoms with Gasteiger partial charge in [-0.1, -0.05) is 19.3 Å². The van der Waals surface area contributed by atoms with Gasteiger partial charge in [-0.05, 0) is 44.0 Å². The molecule has 0 heterocycles. The molecular formula is C20H27FN2O4S. The van der Waals surface area contributed by atoms with Gasteiger partial charge in [0, 0.05) is 18.8 Å². The third-order valence-electron chi connectivity index (χ3n) is 4.75. The van der Waals surface area contributed by atoms with Crippen LogP contribution in [0.5, 0.6) is 0 Å². The molecule has 1 atom stereocenters. The molecule has 1 aromatic rings. The molecule has 28 heavy (non-hydrogen) atoms. The Morgan fingerprint density at radius 1 is 1.18 bits per heavy atom. The summed E-state index contributed by atoms with van der Waals surface area (Å²) in [5, 5.41) is 2.55. The summed E-state index contributed by atoms with van der Waals surface area (Å²) in [5.41, 5.74) is 0.417. The number of hydrogen-bond acceptors (Lipinski definition) is 5. The summed E-state index contributed by atoms with van der Waals surface area (Å²) in [6, 6.07) is 5.59. The number of carbonyl (C=O) groups excluding carboxylic acids is 3. The van der Waals surface area contributed by atoms with E-state index in [2.05, 4.69) is 5.32 Å². The van der Waals surface area contributed by atoms with Crippen molar-refractivity contribution >= 4 is 35.2 Å². The van der Waals surface area contributed by atoms with Crippen LogP contribution in [-0.2, 0) is 19.1 Å². The average Bonchev–Trinajstić information content (AvgIpc) is 2.69. The van der Waals surface area contributed by atoms with E-state index in [9.17, 15) is 18.8 Å². The van der Waals surface area contributed by atoms with Gasteiger partial charge in [0.25, 0.3) is 5.91 Å². The van der Waals surface area contributed by atoms with Crippen molar-refractivity contribution < 1.29 is 23.5 Å². The SMILES string of the molecule is C[C@@H](OC(=O)CSCC(=O)N(C)C1CCCCC1)C(=O)Nc1ccc(F)cc1. The molecule has 1 aromatic carbocycles. The van der Waals surface area contributed by atoms with Crippen molar-refractivity contribution in [2.45, 2.75) is 51.2 Å². The maximum Gasteiger partial charge on any atom is 0.316 e. The summed E-state index contributed by atoms with van der Waals surface area (Å²) >= 11 is 1.18. The molecule has 1 aliphatic carbocycles. The number of amides is 2. The normalized spacial score (nSPS) is 15.5. The number of hydrogen-bond donors (Lipinski definition) is 1. The molecule has 0 saturated heterocycles. The first-order valence-electron chi connectivity index (χ1n) is 9.46. The predicted octanol–water partition coefficient (Wildman–Crippen LogP) is 3.22. The van der Waals surface area contributed by atoms with Gasteiger partial charge in [-0.3, -0.25) is 14.4 Å². The molecule has 1 saturated carbocycles. The maximum absolute atomic E-state index is 12.9. The second-order valence-corrected chi connectivity index (χ2v) is 7.90. The van der Waals surface area contributed by atoms with E-state index in [0.717, 1.165) is 25.7 Å². The second kappa shape index (κ2) is 11.0. The Kier molecular flexibility index (Phi) is 8.76. The molecule has 0 aliphatic heterocycles. The minimum absolute atomic E-state index is 0.00157. The van der Waals surface area contributed by atoms with Gasteiger partial charge < -0.3 is 15.0 Å². The van der Waals surface area contributed by atoms with Crippen LogP contribution in [0, 0.1) is 5.82 Å². The zero-order valence-corrected chi connectivity index (χ0v) is 17.1. The van der Waals surface area contributed by atoms with E-state index in [-0.39, 0.29) is 17.4 Å². The van der Waals surface area contributed by atoms with Gasteiger partial charge in [-0.25, -0.2) is 4.39 Å². The number of ether oxygens (including phenoxy) is 1. The molecule has 0 radical (unpaired) electrons. The maximum atomic E-state index is 12.9. The van der Waals surface area contributed by atoms with Crippen LogP contribution in [0.25, 0.3) is 0 Å². The zero-order valence-electron chi connectivity index (χ0n) is 16.3. The number of nitrogens with one attached hydrogen (secondary N) is 1. The summed E-state index contributed by atoms with van der Waals surface area (Å²) in [6.07, 6.45) is 4.62. The fourth-order valence-electron chi connectivity index (χ4n) is 3.06. The van der Waals surface area contributed by atoms with Crippen LogP contribution in [0.4, 0.5) is 10.1 Å². The number of rotatable bonds is 8. The molecular weight excluding hydrogens is 383 g/mol. The fourth-order valence-corrected chi connectivity index (χ4v) is 3.77. The third-order valence-corrected chi connectivity index (χ3v) is 5.64. The highest BCUT2D eigenvalue weighted by atomic mass is 32.2. The highest BCUT2D eigenvalue weighted by Crippen LogP contribution is 2.22. The summed E-state index contributed by atoms with van der Waals surface area (Å²) < 4.78 is 18.0. The molecule has 0 bridgehead atoms. The van der Waals surface area contributed by atoms with Crippen molar-refractivity contribution in [2.75, 3.05) is 23.9 Å². The van der Waals surface area contributed by atoms with Crippen LogP contribution in [0.15, 0.2) is 24.3 Å². The van der Waals surface area contributed by atoms with Crippen molar-refractivity contribution in [1.82, 2.24) is 4.90 Å². The van der Waals surface area contributed by atoms with Gasteiger partial charge in [0.15, 0.2) is 6.10 Å². The molecule has 2 amide bonds. The Labute approximate surface area is 169 Å². The Balaban J connectivity index is 1.67. The average molecular weight is 411 g/mol. The van der Waals surface area contributed by atoms with Crippen LogP contribution in [0.3, 0.4) is 0 Å². The first-order chi connectivity index (χ1) is 13.4. The van der Waals surface area contributed by atoms with Crippen LogP contribution in [0.1, 0.15) is 39.0 Å². The van der Waals surface area contributed by atoms with Crippen molar-refractivity contribution in [3.05, 3.63) is 30.1 Å². The first kappa shape index (κ1) is 22.2. The lowest BCUT2D eigenvalue weighted by atomic mass is 9.94. The van der Waals surface area contributed by atoms with Gasteiger partial charge in [0.2, 0.25) is 5.91 Å². The summed E-state index contributed by atoms with van der Waals surface area (Å²) in [5.74, 6) is -1.25. The Morgan fingerprint density at radius 3 is 2.46 bits per heavy atom. The number of esters is 1. The molecule has 0 unspecified atom stereocenters. The number of benzene rings is 1. The highest BCUT2D eigenvalue weighted by Gasteiger charge is 2.23. The topological polar surface area (TPSA) is 75.7 Å². The molecule has 1 aliphatic rings. The van der Waals surface area contributed by atoms with Crippen LogP contribution < -0.4 is 5.32 Å². The van der Waals surface area contributed by atoms with Crippen LogP contribution in [-0.4, -0.2) is 53.4 Å². The minimum Gasteiger partial charge on any atom is -0.452 e. The monoisotopic (exact) mass is 410 g/mol. The van der Waals surface area contributed by atoms with E-state index in [4.69, 9.17) is 4.74 Å². The zero-order chi connectivity index (χ0) is 20.5. The largest absolute Gasteiger partial charge is 0.452 e. The third kappa shape index (κ3) is 7.14. The van der Waals surface area contributed by atoms with E-state index in [1.807, 2.05) is 7.05 Å². The number of nitrogens with zero attached hydrogens (tertiary/aromatic N) is 1. The van der Waals surface area contributed by atoms with Crippen molar-refractivity contribution in [2.24, 2.45) is 0 Å². The van der Waals surface area contributed by atoms with Gasteiger partial charge in [0.1, 0.15) is 5.82 Å². The van der Waals surface area contributed by atoms with E-state index in [0.29, 0.717) is 11.7 Å². The quantitative estimate of drug-likeness (QED) is 0.666. The van der Waals surface area contributed by atoms with Gasteiger partial charge in [-0.2, -0.15) is 0 Å². The molecule has 0 spiro atoms. The van der Waals surface area contributed by atoms with Gasteiger partial charge >= 0.3 is 5.97 Å². The van der Waals surface area contributed by atoms with Crippen molar-refractivity contribution in [3.8, 4) is 0 Å². The van der Waals surface area contributed by atoms with Crippen molar-refractivity contribution in [1.29, 1.82) is 0 Å². The Bertz CT molecular complexity index is 677. The molecule has 8 heteroatoms. The van der Waals surface area contributed by atoms with E-state index in [1.165, 1.54) is 49.4 Å². The summed E-state index contributed by atoms with van der Waals surface area (Å²) in [6.45, 7) is 1.46. The molecule has 154 valence electrons. The molecule has 1 fully saturated rings. The molecule has 6 nitrogen and oxygen atoms in total. The van der Waals surface area contributed by atoms with Gasteiger partial charge in [0.05, 0.1) is 11.5 Å². The fraction of sp³-hybridized carbons (Fsp3) is 0.550. The Hall–Kier alpha value is -2.09. The lowest BCUT2D eigenvalue weighted by Gasteiger charge is -2.31. The first-order valence-corrected chi connectivity index (χ1v) is 10.6. The minimum atomic E-state index is -0.987. The van der Waals surface area contributed by atoms with Crippen molar-refractivity contribution in [3.63, 3.8) is 0 Å². The number of carbonyl (C=O) groups is 3. The standard InChI is InChI=1S/C20H27FN2O4S/c1-14(20(26)22-16-10-8-15(21)9-11-16)27-19(25)13-28-12-18(24)23(2)17-6-4-3-5-7-17/h8-11,14,17H,3-7,12-13H2,1-2H3,(H,22,26)/t14-/m1/s1. The summed E-state index contributed by atoms with van der Waals surface area (Å²) in [7, 11) is 1.82. The smallest absolute Gasteiger partial charge is 0.316 e. The molecule has 2 rings (SSSR count). The van der Waals surface area contributed by atoms with E-state index < -0.39 is 23.8 Å².